The van der Waals surface area contributed by atoms with Gasteiger partial charge >= 0.3 is 0 Å². The van der Waals surface area contributed by atoms with Crippen LogP contribution in [0, 0.1) is 0 Å². The molecule has 0 N–H and O–H groups in total. The van der Waals surface area contributed by atoms with E-state index in [4.69, 9.17) is 11.6 Å². The standard InChI is InChI=1S/C15H13ClN4OS/c1-3-8-19-14(21)10-9-17-15(22-2)18-13(10)20(19)12-7-5-4-6-11(12)16/h3-7,9H,1,8H2,2H3. The molecule has 0 saturated heterocycles. The number of rotatable bonds is 4. The first-order valence-electron chi connectivity index (χ1n) is 6.55. The van der Waals surface area contributed by atoms with Crippen LogP contribution in [0.4, 0.5) is 0 Å². The van der Waals surface area contributed by atoms with Crippen molar-refractivity contribution in [3.63, 3.8) is 0 Å². The predicted octanol–water partition coefficient (Wildman–Crippen LogP) is 3.14. The Kier molecular flexibility index (Phi) is 4.04. The van der Waals surface area contributed by atoms with Gasteiger partial charge in [-0.1, -0.05) is 41.6 Å². The van der Waals surface area contributed by atoms with E-state index in [1.54, 1.807) is 27.7 Å². The van der Waals surface area contributed by atoms with Gasteiger partial charge in [0.05, 0.1) is 17.3 Å². The quantitative estimate of drug-likeness (QED) is 0.418. The van der Waals surface area contributed by atoms with Crippen LogP contribution in [0.1, 0.15) is 0 Å². The number of benzene rings is 1. The van der Waals surface area contributed by atoms with E-state index in [-0.39, 0.29) is 5.56 Å². The number of thioether (sulfide) groups is 1. The number of hydrogen-bond donors (Lipinski definition) is 0. The summed E-state index contributed by atoms with van der Waals surface area (Å²) in [6.07, 6.45) is 5.11. The number of allylic oxidation sites excluding steroid dienone is 1. The Morgan fingerprint density at radius 1 is 1.41 bits per heavy atom. The van der Waals surface area contributed by atoms with E-state index < -0.39 is 0 Å². The summed E-state index contributed by atoms with van der Waals surface area (Å²) in [6.45, 7) is 4.07. The van der Waals surface area contributed by atoms with Crippen molar-refractivity contribution in [2.45, 2.75) is 11.7 Å². The van der Waals surface area contributed by atoms with Crippen molar-refractivity contribution >= 4 is 34.4 Å². The molecule has 7 heteroatoms. The molecule has 0 atom stereocenters. The van der Waals surface area contributed by atoms with Crippen molar-refractivity contribution in [1.29, 1.82) is 0 Å². The van der Waals surface area contributed by atoms with Gasteiger partial charge < -0.3 is 0 Å². The van der Waals surface area contributed by atoms with Gasteiger partial charge in [-0.05, 0) is 18.4 Å². The average molecular weight is 333 g/mol. The molecule has 0 fully saturated rings. The fourth-order valence-corrected chi connectivity index (χ4v) is 2.82. The van der Waals surface area contributed by atoms with Crippen molar-refractivity contribution in [2.75, 3.05) is 6.26 Å². The van der Waals surface area contributed by atoms with Crippen LogP contribution in [0.3, 0.4) is 0 Å². The van der Waals surface area contributed by atoms with Crippen LogP contribution >= 0.6 is 23.4 Å². The van der Waals surface area contributed by atoms with Gasteiger partial charge in [-0.25, -0.2) is 19.3 Å². The van der Waals surface area contributed by atoms with E-state index in [0.29, 0.717) is 33.4 Å². The molecule has 22 heavy (non-hydrogen) atoms. The van der Waals surface area contributed by atoms with Gasteiger partial charge in [-0.15, -0.1) is 6.58 Å². The molecule has 0 bridgehead atoms. The summed E-state index contributed by atoms with van der Waals surface area (Å²) in [4.78, 5) is 21.2. The molecule has 0 unspecified atom stereocenters. The smallest absolute Gasteiger partial charge is 0.267 e. The van der Waals surface area contributed by atoms with Crippen LogP contribution in [0.25, 0.3) is 16.7 Å². The molecule has 3 rings (SSSR count). The molecule has 1 aromatic carbocycles. The Bertz CT molecular complexity index is 916. The minimum atomic E-state index is -0.164. The van der Waals surface area contributed by atoms with Gasteiger partial charge in [-0.3, -0.25) is 4.79 Å². The van der Waals surface area contributed by atoms with Crippen LogP contribution < -0.4 is 5.56 Å². The maximum Gasteiger partial charge on any atom is 0.278 e. The van der Waals surface area contributed by atoms with Crippen molar-refractivity contribution in [2.24, 2.45) is 0 Å². The monoisotopic (exact) mass is 332 g/mol. The number of hydrogen-bond acceptors (Lipinski definition) is 4. The second-order valence-corrected chi connectivity index (χ2v) is 5.71. The molecule has 0 amide bonds. The zero-order chi connectivity index (χ0) is 15.7. The van der Waals surface area contributed by atoms with E-state index in [1.165, 1.54) is 11.8 Å². The molecule has 2 aromatic heterocycles. The largest absolute Gasteiger partial charge is 0.278 e. The molecule has 0 radical (unpaired) electrons. The highest BCUT2D eigenvalue weighted by molar-refractivity contribution is 7.98. The summed E-state index contributed by atoms with van der Waals surface area (Å²) in [6, 6.07) is 7.34. The lowest BCUT2D eigenvalue weighted by atomic mass is 10.3. The first-order valence-corrected chi connectivity index (χ1v) is 8.16. The third-order valence-electron chi connectivity index (χ3n) is 3.22. The Balaban J connectivity index is 2.44. The first kappa shape index (κ1) is 14.9. The molecule has 0 aliphatic heterocycles. The van der Waals surface area contributed by atoms with Gasteiger partial charge in [-0.2, -0.15) is 0 Å². The van der Waals surface area contributed by atoms with E-state index in [0.717, 1.165) is 0 Å². The van der Waals surface area contributed by atoms with Crippen LogP contribution in [0.15, 0.2) is 53.1 Å². The average Bonchev–Trinajstić information content (AvgIpc) is 2.80. The van der Waals surface area contributed by atoms with Crippen LogP contribution in [-0.2, 0) is 6.54 Å². The molecule has 0 aliphatic carbocycles. The summed E-state index contributed by atoms with van der Waals surface area (Å²) in [7, 11) is 0. The molecular weight excluding hydrogens is 320 g/mol. The Hall–Kier alpha value is -2.05. The van der Waals surface area contributed by atoms with Gasteiger partial charge in [0.15, 0.2) is 10.8 Å². The summed E-state index contributed by atoms with van der Waals surface area (Å²) in [5, 5.41) is 1.60. The Morgan fingerprint density at radius 3 is 2.86 bits per heavy atom. The van der Waals surface area contributed by atoms with Gasteiger partial charge in [0.2, 0.25) is 0 Å². The summed E-state index contributed by atoms with van der Waals surface area (Å²) >= 11 is 7.72. The summed E-state index contributed by atoms with van der Waals surface area (Å²) in [5.41, 5.74) is 1.07. The van der Waals surface area contributed by atoms with E-state index >= 15 is 0 Å². The lowest BCUT2D eigenvalue weighted by molar-refractivity contribution is 0.605. The molecule has 2 heterocycles. The normalized spacial score (nSPS) is 11.0. The number of para-hydroxylation sites is 1. The van der Waals surface area contributed by atoms with Crippen molar-refractivity contribution in [3.05, 3.63) is 58.5 Å². The van der Waals surface area contributed by atoms with Crippen molar-refractivity contribution in [3.8, 4) is 5.69 Å². The lowest BCUT2D eigenvalue weighted by Crippen LogP contribution is -2.21. The van der Waals surface area contributed by atoms with Gasteiger partial charge in [0, 0.05) is 6.20 Å². The lowest BCUT2D eigenvalue weighted by Gasteiger charge is -2.12. The number of halogens is 1. The molecule has 0 saturated carbocycles. The van der Waals surface area contributed by atoms with Crippen LogP contribution in [0.2, 0.25) is 5.02 Å². The molecular formula is C15H13ClN4OS. The highest BCUT2D eigenvalue weighted by Gasteiger charge is 2.17. The number of nitrogens with zero attached hydrogens (tertiary/aromatic N) is 4. The summed E-state index contributed by atoms with van der Waals surface area (Å²) < 4.78 is 3.28. The fraction of sp³-hybridized carbons (Fsp3) is 0.133. The zero-order valence-corrected chi connectivity index (χ0v) is 13.4. The third kappa shape index (κ3) is 2.34. The van der Waals surface area contributed by atoms with Crippen LogP contribution in [-0.4, -0.2) is 25.6 Å². The Morgan fingerprint density at radius 2 is 2.18 bits per heavy atom. The third-order valence-corrected chi connectivity index (χ3v) is 4.10. The van der Waals surface area contributed by atoms with Crippen LogP contribution in [0.5, 0.6) is 0 Å². The van der Waals surface area contributed by atoms with Gasteiger partial charge in [0.1, 0.15) is 5.39 Å². The molecule has 3 aromatic rings. The second kappa shape index (κ2) is 5.98. The molecule has 5 nitrogen and oxygen atoms in total. The van der Waals surface area contributed by atoms with Crippen molar-refractivity contribution in [1.82, 2.24) is 19.3 Å². The maximum atomic E-state index is 12.6. The first-order chi connectivity index (χ1) is 10.7. The zero-order valence-electron chi connectivity index (χ0n) is 11.9. The Labute approximate surface area is 136 Å². The highest BCUT2D eigenvalue weighted by Crippen LogP contribution is 2.23. The summed E-state index contributed by atoms with van der Waals surface area (Å²) in [5.74, 6) is 0. The molecule has 0 spiro atoms. The van der Waals surface area contributed by atoms with E-state index in [9.17, 15) is 4.79 Å². The second-order valence-electron chi connectivity index (χ2n) is 4.53. The minimum Gasteiger partial charge on any atom is -0.267 e. The molecule has 0 aliphatic rings. The molecule has 112 valence electrons. The van der Waals surface area contributed by atoms with E-state index in [2.05, 4.69) is 16.5 Å². The fourth-order valence-electron chi connectivity index (χ4n) is 2.27. The minimum absolute atomic E-state index is 0.164. The van der Waals surface area contributed by atoms with Crippen molar-refractivity contribution < 1.29 is 0 Å². The SMILES string of the molecule is C=CCn1c(=O)c2cnc(SC)nc2n1-c1ccccc1Cl. The topological polar surface area (TPSA) is 52.7 Å². The number of aromatic nitrogens is 4. The van der Waals surface area contributed by atoms with Gasteiger partial charge in [0.25, 0.3) is 5.56 Å². The predicted molar refractivity (Wildman–Crippen MR) is 90.1 cm³/mol. The number of fused-ring (bicyclic) bond motifs is 1. The highest BCUT2D eigenvalue weighted by atomic mass is 35.5. The maximum absolute atomic E-state index is 12.6. The van der Waals surface area contributed by atoms with E-state index in [1.807, 2.05) is 24.5 Å².